The molecule has 0 unspecified atom stereocenters. The molecule has 0 aromatic heterocycles. The lowest BCUT2D eigenvalue weighted by atomic mass is 10.0. The van der Waals surface area contributed by atoms with E-state index in [1.807, 2.05) is 19.1 Å². The highest BCUT2D eigenvalue weighted by Gasteiger charge is 2.30. The van der Waals surface area contributed by atoms with Crippen molar-refractivity contribution in [3.8, 4) is 5.75 Å². The predicted octanol–water partition coefficient (Wildman–Crippen LogP) is 3.34. The van der Waals surface area contributed by atoms with Gasteiger partial charge in [-0.2, -0.15) is 0 Å². The summed E-state index contributed by atoms with van der Waals surface area (Å²) in [4.78, 5) is 0. The van der Waals surface area contributed by atoms with Crippen molar-refractivity contribution >= 4 is 0 Å². The molecule has 0 spiro atoms. The molecule has 1 heterocycles. The minimum atomic E-state index is -0.463. The van der Waals surface area contributed by atoms with Crippen LogP contribution in [-0.2, 0) is 9.47 Å². The van der Waals surface area contributed by atoms with Gasteiger partial charge in [0.25, 0.3) is 0 Å². The van der Waals surface area contributed by atoms with Crippen molar-refractivity contribution < 1.29 is 14.2 Å². The Balaban J connectivity index is 1.84. The van der Waals surface area contributed by atoms with Gasteiger partial charge in [-0.15, -0.1) is 0 Å². The quantitative estimate of drug-likeness (QED) is 0.802. The van der Waals surface area contributed by atoms with Crippen LogP contribution in [0.25, 0.3) is 0 Å². The van der Waals surface area contributed by atoms with Gasteiger partial charge >= 0.3 is 0 Å². The van der Waals surface area contributed by atoms with Crippen molar-refractivity contribution in [2.75, 3.05) is 19.8 Å². The second-order valence-electron chi connectivity index (χ2n) is 5.16. The maximum atomic E-state index is 5.76. The molecule has 0 N–H and O–H groups in total. The van der Waals surface area contributed by atoms with Crippen LogP contribution in [0.4, 0.5) is 0 Å². The lowest BCUT2D eigenvalue weighted by Crippen LogP contribution is -2.27. The standard InChI is InChI=1S/C15H22O3/c1-12(2)13-5-4-6-14(11-13)16-8-7-15(3)17-9-10-18-15/h4-6,11-12H,7-10H2,1-3H3. The molecule has 0 saturated carbocycles. The molecule has 0 amide bonds. The Hall–Kier alpha value is -1.06. The summed E-state index contributed by atoms with van der Waals surface area (Å²) >= 11 is 0. The fraction of sp³-hybridized carbons (Fsp3) is 0.600. The van der Waals surface area contributed by atoms with Crippen molar-refractivity contribution in [1.29, 1.82) is 0 Å². The fourth-order valence-electron chi connectivity index (χ4n) is 2.02. The number of rotatable bonds is 5. The second-order valence-corrected chi connectivity index (χ2v) is 5.16. The first kappa shape index (κ1) is 13.4. The van der Waals surface area contributed by atoms with Crippen molar-refractivity contribution in [3.63, 3.8) is 0 Å². The molecular weight excluding hydrogens is 228 g/mol. The first-order chi connectivity index (χ1) is 8.59. The highest BCUT2D eigenvalue weighted by molar-refractivity contribution is 5.30. The molecule has 18 heavy (non-hydrogen) atoms. The van der Waals surface area contributed by atoms with Gasteiger partial charge in [0.2, 0.25) is 0 Å². The molecule has 1 aromatic rings. The molecule has 0 atom stereocenters. The van der Waals surface area contributed by atoms with E-state index in [1.165, 1.54) is 5.56 Å². The average molecular weight is 250 g/mol. The summed E-state index contributed by atoms with van der Waals surface area (Å²) in [6.45, 7) is 8.30. The van der Waals surface area contributed by atoms with Crippen molar-refractivity contribution in [2.45, 2.75) is 38.9 Å². The molecule has 100 valence electrons. The van der Waals surface area contributed by atoms with Crippen LogP contribution < -0.4 is 4.74 Å². The maximum absolute atomic E-state index is 5.76. The Kier molecular flexibility index (Phi) is 4.25. The molecule has 0 bridgehead atoms. The molecule has 1 aliphatic rings. The summed E-state index contributed by atoms with van der Waals surface area (Å²) < 4.78 is 16.8. The van der Waals surface area contributed by atoms with E-state index < -0.39 is 5.79 Å². The number of benzene rings is 1. The van der Waals surface area contributed by atoms with Crippen LogP contribution in [0.3, 0.4) is 0 Å². The van der Waals surface area contributed by atoms with Crippen molar-refractivity contribution in [1.82, 2.24) is 0 Å². The van der Waals surface area contributed by atoms with Gasteiger partial charge in [0, 0.05) is 6.42 Å². The minimum Gasteiger partial charge on any atom is -0.493 e. The van der Waals surface area contributed by atoms with Crippen LogP contribution in [0.2, 0.25) is 0 Å². The highest BCUT2D eigenvalue weighted by atomic mass is 16.7. The smallest absolute Gasteiger partial charge is 0.168 e. The second kappa shape index (κ2) is 5.72. The van der Waals surface area contributed by atoms with Gasteiger partial charge in [-0.1, -0.05) is 26.0 Å². The summed E-state index contributed by atoms with van der Waals surface area (Å²) in [5.74, 6) is 0.978. The largest absolute Gasteiger partial charge is 0.493 e. The molecule has 2 rings (SSSR count). The Morgan fingerprint density at radius 3 is 2.67 bits per heavy atom. The average Bonchev–Trinajstić information content (AvgIpc) is 2.77. The van der Waals surface area contributed by atoms with E-state index in [1.54, 1.807) is 0 Å². The van der Waals surface area contributed by atoms with Crippen molar-refractivity contribution in [2.24, 2.45) is 0 Å². The first-order valence-electron chi connectivity index (χ1n) is 6.60. The van der Waals surface area contributed by atoms with E-state index in [9.17, 15) is 0 Å². The van der Waals surface area contributed by atoms with Crippen LogP contribution in [0.5, 0.6) is 5.75 Å². The number of hydrogen-bond donors (Lipinski definition) is 0. The van der Waals surface area contributed by atoms with Gasteiger partial charge in [-0.25, -0.2) is 0 Å². The van der Waals surface area contributed by atoms with Crippen LogP contribution in [0.15, 0.2) is 24.3 Å². The lowest BCUT2D eigenvalue weighted by Gasteiger charge is -2.22. The first-order valence-corrected chi connectivity index (χ1v) is 6.60. The zero-order chi connectivity index (χ0) is 13.0. The zero-order valence-electron chi connectivity index (χ0n) is 11.4. The Morgan fingerprint density at radius 1 is 1.28 bits per heavy atom. The van der Waals surface area contributed by atoms with Crippen LogP contribution in [0.1, 0.15) is 38.7 Å². The van der Waals surface area contributed by atoms with Gasteiger partial charge in [0.1, 0.15) is 5.75 Å². The summed E-state index contributed by atoms with van der Waals surface area (Å²) in [5.41, 5.74) is 1.30. The lowest BCUT2D eigenvalue weighted by molar-refractivity contribution is -0.150. The molecule has 3 heteroatoms. The molecule has 0 aliphatic carbocycles. The van der Waals surface area contributed by atoms with E-state index >= 15 is 0 Å². The van der Waals surface area contributed by atoms with E-state index in [2.05, 4.69) is 26.0 Å². The molecule has 1 aromatic carbocycles. The van der Waals surface area contributed by atoms with E-state index in [4.69, 9.17) is 14.2 Å². The van der Waals surface area contributed by atoms with E-state index in [-0.39, 0.29) is 0 Å². The van der Waals surface area contributed by atoms with Gasteiger partial charge < -0.3 is 14.2 Å². The zero-order valence-corrected chi connectivity index (χ0v) is 11.4. The van der Waals surface area contributed by atoms with Crippen molar-refractivity contribution in [3.05, 3.63) is 29.8 Å². The SMILES string of the molecule is CC(C)c1cccc(OCCC2(C)OCCO2)c1. The van der Waals surface area contributed by atoms with E-state index in [0.717, 1.165) is 12.2 Å². The number of ether oxygens (including phenoxy) is 3. The molecule has 3 nitrogen and oxygen atoms in total. The molecular formula is C15H22O3. The van der Waals surface area contributed by atoms with Crippen LogP contribution in [0, 0.1) is 0 Å². The Bertz CT molecular complexity index is 381. The monoisotopic (exact) mass is 250 g/mol. The normalized spacial score (nSPS) is 18.2. The Labute approximate surface area is 109 Å². The molecule has 1 saturated heterocycles. The molecule has 0 radical (unpaired) electrons. The third-order valence-corrected chi connectivity index (χ3v) is 3.25. The maximum Gasteiger partial charge on any atom is 0.168 e. The molecule has 1 fully saturated rings. The number of hydrogen-bond acceptors (Lipinski definition) is 3. The fourth-order valence-corrected chi connectivity index (χ4v) is 2.02. The topological polar surface area (TPSA) is 27.7 Å². The summed E-state index contributed by atoms with van der Waals surface area (Å²) in [5, 5.41) is 0. The highest BCUT2D eigenvalue weighted by Crippen LogP contribution is 2.24. The minimum absolute atomic E-state index is 0.463. The van der Waals surface area contributed by atoms with Gasteiger partial charge in [0.05, 0.1) is 19.8 Å². The van der Waals surface area contributed by atoms with Gasteiger partial charge in [-0.3, -0.25) is 0 Å². The third-order valence-electron chi connectivity index (χ3n) is 3.25. The summed E-state index contributed by atoms with van der Waals surface area (Å²) in [6, 6.07) is 8.25. The third kappa shape index (κ3) is 3.47. The van der Waals surface area contributed by atoms with E-state index in [0.29, 0.717) is 25.7 Å². The van der Waals surface area contributed by atoms with Crippen LogP contribution in [-0.4, -0.2) is 25.6 Å². The molecule has 1 aliphatic heterocycles. The van der Waals surface area contributed by atoms with Gasteiger partial charge in [-0.05, 0) is 30.5 Å². The summed E-state index contributed by atoms with van der Waals surface area (Å²) in [7, 11) is 0. The van der Waals surface area contributed by atoms with Gasteiger partial charge in [0.15, 0.2) is 5.79 Å². The summed E-state index contributed by atoms with van der Waals surface area (Å²) in [6.07, 6.45) is 0.749. The Morgan fingerprint density at radius 2 is 2.00 bits per heavy atom. The van der Waals surface area contributed by atoms with Crippen LogP contribution >= 0.6 is 0 Å². The predicted molar refractivity (Wildman–Crippen MR) is 71.0 cm³/mol.